The Balaban J connectivity index is 4.65. The zero-order chi connectivity index (χ0) is 15.3. The number of aliphatic hydroxyl groups is 1. The smallest absolute Gasteiger partial charge is 0.396 e. The highest BCUT2D eigenvalue weighted by Crippen LogP contribution is 2.40. The van der Waals surface area contributed by atoms with Gasteiger partial charge < -0.3 is 10.0 Å². The first-order chi connectivity index (χ1) is 8.51. The van der Waals surface area contributed by atoms with Gasteiger partial charge in [0.25, 0.3) is 0 Å². The van der Waals surface area contributed by atoms with Gasteiger partial charge in [-0.1, -0.05) is 0 Å². The Morgan fingerprint density at radius 3 is 1.89 bits per heavy atom. The fraction of sp³-hybridized carbons (Fsp3) is 0.900. The van der Waals surface area contributed by atoms with E-state index in [-0.39, 0.29) is 19.6 Å². The molecule has 0 aliphatic carbocycles. The highest BCUT2D eigenvalue weighted by molar-refractivity contribution is 5.80. The van der Waals surface area contributed by atoms with Crippen molar-refractivity contribution in [2.45, 2.75) is 31.6 Å². The third kappa shape index (κ3) is 6.13. The van der Waals surface area contributed by atoms with Crippen molar-refractivity contribution in [3.05, 3.63) is 0 Å². The number of unbranched alkanes of at least 4 members (excludes halogenated alkanes) is 2. The number of alkyl halides is 6. The summed E-state index contributed by atoms with van der Waals surface area (Å²) in [6.07, 6.45) is -10.3. The molecular weight excluding hydrogens is 280 g/mol. The van der Waals surface area contributed by atoms with E-state index in [2.05, 4.69) is 0 Å². The summed E-state index contributed by atoms with van der Waals surface area (Å²) in [6.45, 7) is -0.340. The van der Waals surface area contributed by atoms with Crippen molar-refractivity contribution in [1.29, 1.82) is 0 Å². The van der Waals surface area contributed by atoms with Crippen LogP contribution in [0.1, 0.15) is 19.3 Å². The lowest BCUT2D eigenvalue weighted by molar-refractivity contribution is -0.277. The number of aliphatic hydroxyl groups excluding tert-OH is 1. The molecule has 9 heteroatoms. The van der Waals surface area contributed by atoms with Crippen LogP contribution in [0.25, 0.3) is 0 Å². The molecule has 0 aliphatic rings. The molecule has 0 aromatic carbocycles. The first-order valence-corrected chi connectivity index (χ1v) is 5.51. The van der Waals surface area contributed by atoms with Gasteiger partial charge in [0.15, 0.2) is 0 Å². The summed E-state index contributed by atoms with van der Waals surface area (Å²) in [7, 11) is 0.895. The highest BCUT2D eigenvalue weighted by Gasteiger charge is 2.61. The Morgan fingerprint density at radius 2 is 1.53 bits per heavy atom. The van der Waals surface area contributed by atoms with E-state index in [0.717, 1.165) is 7.05 Å². The summed E-state index contributed by atoms with van der Waals surface area (Å²) >= 11 is 0. The van der Waals surface area contributed by atoms with Crippen LogP contribution >= 0.6 is 0 Å². The van der Waals surface area contributed by atoms with Crippen molar-refractivity contribution in [2.75, 3.05) is 20.2 Å². The standard InChI is InChI=1S/C10H15F6NO2/c1-17(5-3-2-4-6-18)8(19)7(9(11,12)13)10(14,15)16/h7,18H,2-6H2,1H3. The van der Waals surface area contributed by atoms with Crippen molar-refractivity contribution >= 4 is 5.91 Å². The minimum absolute atomic E-state index is 0.120. The summed E-state index contributed by atoms with van der Waals surface area (Å²) in [5.74, 6) is -5.99. The Morgan fingerprint density at radius 1 is 1.05 bits per heavy atom. The van der Waals surface area contributed by atoms with Gasteiger partial charge in [-0.15, -0.1) is 0 Å². The van der Waals surface area contributed by atoms with Gasteiger partial charge in [0, 0.05) is 20.2 Å². The van der Waals surface area contributed by atoms with Crippen molar-refractivity contribution in [2.24, 2.45) is 5.92 Å². The quantitative estimate of drug-likeness (QED) is 0.603. The highest BCUT2D eigenvalue weighted by atomic mass is 19.4. The van der Waals surface area contributed by atoms with Gasteiger partial charge in [0.1, 0.15) is 0 Å². The molecule has 1 amide bonds. The van der Waals surface area contributed by atoms with Crippen molar-refractivity contribution in [1.82, 2.24) is 4.90 Å². The number of nitrogens with zero attached hydrogens (tertiary/aromatic N) is 1. The van der Waals surface area contributed by atoms with Crippen molar-refractivity contribution in [3.8, 4) is 0 Å². The molecule has 0 unspecified atom stereocenters. The van der Waals surface area contributed by atoms with Crippen LogP contribution in [0, 0.1) is 5.92 Å². The molecule has 0 aromatic heterocycles. The third-order valence-electron chi connectivity index (χ3n) is 2.43. The van der Waals surface area contributed by atoms with Crippen molar-refractivity contribution in [3.63, 3.8) is 0 Å². The molecule has 19 heavy (non-hydrogen) atoms. The monoisotopic (exact) mass is 295 g/mol. The number of amides is 1. The van der Waals surface area contributed by atoms with Crippen LogP contribution < -0.4 is 0 Å². The first kappa shape index (κ1) is 18.0. The fourth-order valence-electron chi connectivity index (χ4n) is 1.43. The van der Waals surface area contributed by atoms with Crippen LogP contribution in [0.5, 0.6) is 0 Å². The predicted octanol–water partition coefficient (Wildman–Crippen LogP) is 2.35. The number of hydrogen-bond acceptors (Lipinski definition) is 2. The molecule has 1 N–H and O–H groups in total. The SMILES string of the molecule is CN(CCCCCO)C(=O)C(C(F)(F)F)C(F)(F)F. The van der Waals surface area contributed by atoms with Crippen molar-refractivity contribution < 1.29 is 36.2 Å². The zero-order valence-electron chi connectivity index (χ0n) is 10.2. The molecule has 0 spiro atoms. The van der Waals surface area contributed by atoms with Crippen LogP contribution in [-0.4, -0.2) is 48.5 Å². The molecule has 3 nitrogen and oxygen atoms in total. The van der Waals surface area contributed by atoms with E-state index < -0.39 is 24.2 Å². The molecule has 114 valence electrons. The normalized spacial score (nSPS) is 12.9. The third-order valence-corrected chi connectivity index (χ3v) is 2.43. The number of carbonyl (C=O) groups excluding carboxylic acids is 1. The van der Waals surface area contributed by atoms with E-state index in [9.17, 15) is 31.1 Å². The predicted molar refractivity (Wildman–Crippen MR) is 54.2 cm³/mol. The van der Waals surface area contributed by atoms with Crippen LogP contribution in [0.4, 0.5) is 26.3 Å². The average Bonchev–Trinajstić information content (AvgIpc) is 2.19. The van der Waals surface area contributed by atoms with Gasteiger partial charge >= 0.3 is 12.4 Å². The number of hydrogen-bond donors (Lipinski definition) is 1. The molecule has 0 rings (SSSR count). The topological polar surface area (TPSA) is 40.5 Å². The minimum Gasteiger partial charge on any atom is -0.396 e. The summed E-state index contributed by atoms with van der Waals surface area (Å²) in [6, 6.07) is 0. The van der Waals surface area contributed by atoms with Gasteiger partial charge in [-0.25, -0.2) is 0 Å². The lowest BCUT2D eigenvalue weighted by atomic mass is 10.1. The van der Waals surface area contributed by atoms with Gasteiger partial charge in [-0.05, 0) is 19.3 Å². The molecule has 0 bridgehead atoms. The Labute approximate surface area is 106 Å². The van der Waals surface area contributed by atoms with E-state index in [1.807, 2.05) is 0 Å². The molecule has 0 fully saturated rings. The second kappa shape index (κ2) is 6.97. The number of rotatable bonds is 6. The summed E-state index contributed by atoms with van der Waals surface area (Å²) in [5.41, 5.74) is 0. The second-order valence-electron chi connectivity index (χ2n) is 4.06. The number of carbonyl (C=O) groups is 1. The zero-order valence-corrected chi connectivity index (χ0v) is 10.2. The summed E-state index contributed by atoms with van der Waals surface area (Å²) in [4.78, 5) is 11.7. The molecule has 0 radical (unpaired) electrons. The molecule has 0 saturated carbocycles. The van der Waals surface area contributed by atoms with Crippen LogP contribution in [0.2, 0.25) is 0 Å². The average molecular weight is 295 g/mol. The first-order valence-electron chi connectivity index (χ1n) is 5.51. The fourth-order valence-corrected chi connectivity index (χ4v) is 1.43. The lowest BCUT2D eigenvalue weighted by Crippen LogP contribution is -2.48. The van der Waals surface area contributed by atoms with Gasteiger partial charge in [0.2, 0.25) is 11.8 Å². The molecule has 0 aromatic rings. The van der Waals surface area contributed by atoms with E-state index in [1.54, 1.807) is 0 Å². The Hall–Kier alpha value is -0.990. The Kier molecular flexibility index (Phi) is 6.61. The van der Waals surface area contributed by atoms with Gasteiger partial charge in [0.05, 0.1) is 0 Å². The maximum Gasteiger partial charge on any atom is 0.409 e. The lowest BCUT2D eigenvalue weighted by Gasteiger charge is -2.26. The van der Waals surface area contributed by atoms with Crippen LogP contribution in [0.3, 0.4) is 0 Å². The van der Waals surface area contributed by atoms with E-state index >= 15 is 0 Å². The molecular formula is C10H15F6NO2. The maximum atomic E-state index is 12.3. The van der Waals surface area contributed by atoms with Crippen LogP contribution in [0.15, 0.2) is 0 Å². The van der Waals surface area contributed by atoms with Gasteiger partial charge in [-0.2, -0.15) is 26.3 Å². The second-order valence-corrected chi connectivity index (χ2v) is 4.06. The molecule has 0 saturated heterocycles. The summed E-state index contributed by atoms with van der Waals surface area (Å²) in [5, 5.41) is 8.46. The van der Waals surface area contributed by atoms with Gasteiger partial charge in [-0.3, -0.25) is 4.79 Å². The largest absolute Gasteiger partial charge is 0.409 e. The molecule has 0 heterocycles. The summed E-state index contributed by atoms with van der Waals surface area (Å²) < 4.78 is 73.6. The van der Waals surface area contributed by atoms with E-state index in [0.29, 0.717) is 17.7 Å². The number of halogens is 6. The van der Waals surface area contributed by atoms with Crippen LogP contribution in [-0.2, 0) is 4.79 Å². The Bertz CT molecular complexity index is 275. The van der Waals surface area contributed by atoms with E-state index in [4.69, 9.17) is 5.11 Å². The maximum absolute atomic E-state index is 12.3. The van der Waals surface area contributed by atoms with E-state index in [1.165, 1.54) is 0 Å². The molecule has 0 aliphatic heterocycles. The molecule has 0 atom stereocenters. The minimum atomic E-state index is -5.66.